The first-order valence-electron chi connectivity index (χ1n) is 9.47. The van der Waals surface area contributed by atoms with Gasteiger partial charge >= 0.3 is 0 Å². The Kier molecular flexibility index (Phi) is 5.26. The molecule has 0 aromatic rings. The van der Waals surface area contributed by atoms with Gasteiger partial charge in [0, 0.05) is 32.4 Å². The van der Waals surface area contributed by atoms with Gasteiger partial charge in [0.15, 0.2) is 0 Å². The lowest BCUT2D eigenvalue weighted by molar-refractivity contribution is -0.165. The topological polar surface area (TPSA) is 57.7 Å². The number of carbonyl (C=O) groups excluding carboxylic acids is 1. The third-order valence-electron chi connectivity index (χ3n) is 6.27. The smallest absolute Gasteiger partial charge is 0.231 e. The van der Waals surface area contributed by atoms with E-state index < -0.39 is 9.84 Å². The molecular formula is C18H32N2O3S. The molecular weight excluding hydrogens is 324 g/mol. The summed E-state index contributed by atoms with van der Waals surface area (Å²) in [6.07, 6.45) is 8.66. The molecule has 2 saturated heterocycles. The summed E-state index contributed by atoms with van der Waals surface area (Å²) < 4.78 is 22.6. The van der Waals surface area contributed by atoms with Crippen LogP contribution in [0.25, 0.3) is 0 Å². The molecule has 0 aromatic carbocycles. The van der Waals surface area contributed by atoms with E-state index in [1.54, 1.807) is 4.90 Å². The van der Waals surface area contributed by atoms with Crippen LogP contribution < -0.4 is 0 Å². The van der Waals surface area contributed by atoms with Crippen LogP contribution >= 0.6 is 0 Å². The fourth-order valence-electron chi connectivity index (χ4n) is 4.77. The van der Waals surface area contributed by atoms with Crippen LogP contribution in [-0.4, -0.2) is 68.9 Å². The first-order valence-corrected chi connectivity index (χ1v) is 11.5. The minimum absolute atomic E-state index is 0.0821. The Morgan fingerprint density at radius 1 is 1.17 bits per heavy atom. The summed E-state index contributed by atoms with van der Waals surface area (Å²) in [4.78, 5) is 16.9. The van der Waals surface area contributed by atoms with Crippen molar-refractivity contribution in [2.24, 2.45) is 17.3 Å². The summed E-state index contributed by atoms with van der Waals surface area (Å²) in [6.45, 7) is 6.60. The normalized spacial score (nSPS) is 35.2. The average Bonchev–Trinajstić information content (AvgIpc) is 2.53. The minimum atomic E-state index is -3.00. The molecule has 0 radical (unpaired) electrons. The molecule has 3 rings (SSSR count). The number of hydrogen-bond donors (Lipinski definition) is 0. The van der Waals surface area contributed by atoms with E-state index in [-0.39, 0.29) is 17.1 Å². The van der Waals surface area contributed by atoms with Crippen LogP contribution in [0.5, 0.6) is 0 Å². The second kappa shape index (κ2) is 6.94. The van der Waals surface area contributed by atoms with Gasteiger partial charge in [0.2, 0.25) is 5.91 Å². The Morgan fingerprint density at radius 3 is 2.50 bits per heavy atom. The minimum Gasteiger partial charge on any atom is -0.340 e. The van der Waals surface area contributed by atoms with Crippen molar-refractivity contribution in [3.05, 3.63) is 0 Å². The lowest BCUT2D eigenvalue weighted by Gasteiger charge is -2.53. The van der Waals surface area contributed by atoms with Gasteiger partial charge in [0.25, 0.3) is 0 Å². The molecule has 24 heavy (non-hydrogen) atoms. The predicted molar refractivity (Wildman–Crippen MR) is 95.5 cm³/mol. The van der Waals surface area contributed by atoms with E-state index in [0.717, 1.165) is 50.9 Å². The second-order valence-corrected chi connectivity index (χ2v) is 10.9. The number of piperidine rings is 1. The van der Waals surface area contributed by atoms with Crippen molar-refractivity contribution >= 4 is 15.7 Å². The van der Waals surface area contributed by atoms with E-state index >= 15 is 0 Å². The molecule has 138 valence electrons. The van der Waals surface area contributed by atoms with Crippen LogP contribution in [0, 0.1) is 17.3 Å². The largest absolute Gasteiger partial charge is 0.340 e. The maximum Gasteiger partial charge on any atom is 0.231 e. The molecule has 0 aromatic heterocycles. The van der Waals surface area contributed by atoms with Crippen LogP contribution in [0.1, 0.15) is 45.4 Å². The van der Waals surface area contributed by atoms with Gasteiger partial charge in [0.1, 0.15) is 9.84 Å². The zero-order valence-corrected chi connectivity index (χ0v) is 16.0. The molecule has 3 aliphatic rings. The molecule has 6 heteroatoms. The van der Waals surface area contributed by atoms with Crippen molar-refractivity contribution < 1.29 is 13.2 Å². The first-order chi connectivity index (χ1) is 11.3. The summed E-state index contributed by atoms with van der Waals surface area (Å²) in [6, 6.07) is 0. The third kappa shape index (κ3) is 4.13. The first kappa shape index (κ1) is 18.2. The van der Waals surface area contributed by atoms with Crippen molar-refractivity contribution in [2.45, 2.75) is 45.4 Å². The van der Waals surface area contributed by atoms with Crippen LogP contribution in [0.15, 0.2) is 0 Å². The van der Waals surface area contributed by atoms with Gasteiger partial charge in [-0.05, 0) is 44.1 Å². The van der Waals surface area contributed by atoms with Gasteiger partial charge in [-0.15, -0.1) is 0 Å². The monoisotopic (exact) mass is 356 g/mol. The second-order valence-electron chi connectivity index (χ2n) is 8.60. The molecule has 1 amide bonds. The van der Waals surface area contributed by atoms with Crippen LogP contribution in [0.3, 0.4) is 0 Å². The van der Waals surface area contributed by atoms with Gasteiger partial charge < -0.3 is 9.80 Å². The van der Waals surface area contributed by atoms with Crippen LogP contribution in [0.4, 0.5) is 0 Å². The number of β-lactam (4-membered cyclic amide) rings is 1. The summed E-state index contributed by atoms with van der Waals surface area (Å²) in [7, 11) is -3.00. The molecule has 0 N–H and O–H groups in total. The van der Waals surface area contributed by atoms with Crippen LogP contribution in [0.2, 0.25) is 0 Å². The Labute approximate surface area is 146 Å². The summed E-state index contributed by atoms with van der Waals surface area (Å²) in [5.74, 6) is 1.95. The van der Waals surface area contributed by atoms with Crippen molar-refractivity contribution in [1.82, 2.24) is 9.80 Å². The molecule has 3 fully saturated rings. The molecule has 1 saturated carbocycles. The molecule has 1 aliphatic carbocycles. The third-order valence-corrected chi connectivity index (χ3v) is 7.20. The molecule has 0 bridgehead atoms. The van der Waals surface area contributed by atoms with E-state index in [2.05, 4.69) is 11.8 Å². The van der Waals surface area contributed by atoms with Gasteiger partial charge in [-0.25, -0.2) is 8.42 Å². The Morgan fingerprint density at radius 2 is 1.88 bits per heavy atom. The number of likely N-dealkylation sites (tertiary alicyclic amines) is 2. The fraction of sp³-hybridized carbons (Fsp3) is 0.944. The molecule has 0 unspecified atom stereocenters. The Bertz CT molecular complexity index is 569. The summed E-state index contributed by atoms with van der Waals surface area (Å²) >= 11 is 0. The highest BCUT2D eigenvalue weighted by Crippen LogP contribution is 2.41. The van der Waals surface area contributed by atoms with E-state index in [4.69, 9.17) is 0 Å². The number of rotatable bonds is 5. The van der Waals surface area contributed by atoms with Gasteiger partial charge in [-0.3, -0.25) is 4.79 Å². The molecule has 2 heterocycles. The zero-order chi connectivity index (χ0) is 17.4. The number of amides is 1. The van der Waals surface area contributed by atoms with Crippen molar-refractivity contribution in [2.75, 3.05) is 44.7 Å². The predicted octanol–water partition coefficient (Wildman–Crippen LogP) is 1.78. The quantitative estimate of drug-likeness (QED) is 0.705. The van der Waals surface area contributed by atoms with Crippen molar-refractivity contribution in [3.8, 4) is 0 Å². The fourth-order valence-corrected chi connectivity index (χ4v) is 5.32. The highest BCUT2D eigenvalue weighted by atomic mass is 32.2. The van der Waals surface area contributed by atoms with Crippen LogP contribution in [-0.2, 0) is 14.6 Å². The zero-order valence-electron chi connectivity index (χ0n) is 15.2. The lowest BCUT2D eigenvalue weighted by Crippen LogP contribution is -2.67. The van der Waals surface area contributed by atoms with Gasteiger partial charge in [0.05, 0.1) is 11.2 Å². The van der Waals surface area contributed by atoms with E-state index in [0.29, 0.717) is 6.54 Å². The van der Waals surface area contributed by atoms with Gasteiger partial charge in [-0.2, -0.15) is 0 Å². The molecule has 2 aliphatic heterocycles. The van der Waals surface area contributed by atoms with E-state index in [1.165, 1.54) is 31.9 Å². The summed E-state index contributed by atoms with van der Waals surface area (Å²) in [5, 5.41) is 0. The van der Waals surface area contributed by atoms with E-state index in [9.17, 15) is 13.2 Å². The standard InChI is InChI=1S/C18H32N2O3S/c1-15-4-6-16(7-5-15)12-19-9-3-8-18(13-19)14-20(17(18)21)10-11-24(2,22)23/h15-16H,3-14H2,1-2H3/t15?,16?,18-/m1/s1. The Hall–Kier alpha value is -0.620. The Balaban J connectivity index is 1.50. The van der Waals surface area contributed by atoms with E-state index in [1.807, 2.05) is 0 Å². The van der Waals surface area contributed by atoms with Gasteiger partial charge in [-0.1, -0.05) is 19.8 Å². The van der Waals surface area contributed by atoms with Crippen molar-refractivity contribution in [3.63, 3.8) is 0 Å². The lowest BCUT2D eigenvalue weighted by atomic mass is 9.72. The molecule has 1 spiro atoms. The van der Waals surface area contributed by atoms with Crippen molar-refractivity contribution in [1.29, 1.82) is 0 Å². The maximum absolute atomic E-state index is 12.6. The molecule has 1 atom stereocenters. The number of hydrogen-bond acceptors (Lipinski definition) is 4. The highest BCUT2D eigenvalue weighted by Gasteiger charge is 2.53. The maximum atomic E-state index is 12.6. The average molecular weight is 357 g/mol. The SMILES string of the molecule is CC1CCC(CN2CCC[C@@]3(C2)CN(CCS(C)(=O)=O)C3=O)CC1. The highest BCUT2D eigenvalue weighted by molar-refractivity contribution is 7.90. The number of nitrogens with zero attached hydrogens (tertiary/aromatic N) is 2. The number of sulfone groups is 1. The number of carbonyl (C=O) groups is 1. The summed E-state index contributed by atoms with van der Waals surface area (Å²) in [5.41, 5.74) is -0.211. The molecule has 5 nitrogen and oxygen atoms in total.